The number of allylic oxidation sites excluding steroid dienone is 2. The number of benzene rings is 2. The Morgan fingerprint density at radius 3 is 1.43 bits per heavy atom. The van der Waals surface area contributed by atoms with Crippen molar-refractivity contribution in [2.24, 2.45) is 0 Å². The van der Waals surface area contributed by atoms with Crippen molar-refractivity contribution in [3.05, 3.63) is 83.0 Å². The number of hydrogen-bond donors (Lipinski definition) is 2. The molecule has 0 aliphatic heterocycles. The average Bonchev–Trinajstić information content (AvgIpc) is 2.79. The number of para-hydroxylation sites is 2. The largest absolute Gasteiger partial charge is 0.490 e. The summed E-state index contributed by atoms with van der Waals surface area (Å²) in [4.78, 5) is 25.9. The molecule has 0 fully saturated rings. The zero-order chi connectivity index (χ0) is 26.5. The van der Waals surface area contributed by atoms with E-state index in [1.807, 2.05) is 26.0 Å². The summed E-state index contributed by atoms with van der Waals surface area (Å²) < 4.78 is 12.0. The van der Waals surface area contributed by atoms with Gasteiger partial charge in [-0.05, 0) is 51.0 Å². The minimum atomic E-state index is -0.807. The van der Waals surface area contributed by atoms with E-state index in [-0.39, 0.29) is 24.8 Å². The van der Waals surface area contributed by atoms with Crippen LogP contribution < -0.4 is 9.47 Å². The van der Waals surface area contributed by atoms with Gasteiger partial charge in [0.2, 0.25) is 0 Å². The van der Waals surface area contributed by atoms with Crippen molar-refractivity contribution in [3.8, 4) is 11.5 Å². The maximum Gasteiger partial charge on any atom is 0.191 e. The van der Waals surface area contributed by atoms with Crippen molar-refractivity contribution in [2.45, 2.75) is 59.2 Å². The lowest BCUT2D eigenvalue weighted by Gasteiger charge is -2.32. The van der Waals surface area contributed by atoms with Crippen molar-refractivity contribution < 1.29 is 29.3 Å². The topological polar surface area (TPSA) is 93.1 Å². The number of carbonyl (C=O) groups is 2. The Balaban J connectivity index is 2.81. The molecule has 0 amide bonds. The number of aliphatic hydroxyl groups excluding tert-OH is 2. The number of hydrogen-bond acceptors (Lipinski definition) is 6. The Bertz CT molecular complexity index is 1040. The summed E-state index contributed by atoms with van der Waals surface area (Å²) in [6.07, 6.45) is -1.50. The Kier molecular flexibility index (Phi) is 9.18. The fourth-order valence-corrected chi connectivity index (χ4v) is 3.74. The third kappa shape index (κ3) is 6.47. The van der Waals surface area contributed by atoms with E-state index in [1.165, 1.54) is 0 Å². The Morgan fingerprint density at radius 2 is 1.14 bits per heavy atom. The van der Waals surface area contributed by atoms with Crippen LogP contribution in [0, 0.1) is 0 Å². The summed E-state index contributed by atoms with van der Waals surface area (Å²) in [6, 6.07) is 10.6. The molecule has 2 rings (SSSR count). The molecule has 2 unspecified atom stereocenters. The highest BCUT2D eigenvalue weighted by atomic mass is 16.5. The van der Waals surface area contributed by atoms with Gasteiger partial charge < -0.3 is 19.7 Å². The lowest BCUT2D eigenvalue weighted by Crippen LogP contribution is -2.26. The fraction of sp³-hybridized carbons (Fsp3) is 0.379. The van der Waals surface area contributed by atoms with E-state index in [1.54, 1.807) is 52.0 Å². The molecule has 2 aromatic rings. The predicted molar refractivity (Wildman–Crippen MR) is 138 cm³/mol. The molecule has 2 N–H and O–H groups in total. The third-order valence-electron chi connectivity index (χ3n) is 5.58. The molecule has 0 saturated carbocycles. The van der Waals surface area contributed by atoms with Crippen LogP contribution in [0.3, 0.4) is 0 Å². The van der Waals surface area contributed by atoms with E-state index in [9.17, 15) is 19.8 Å². The normalized spacial score (nSPS) is 13.0. The van der Waals surface area contributed by atoms with Gasteiger partial charge in [-0.25, -0.2) is 0 Å². The molecule has 0 bridgehead atoms. The number of ether oxygens (including phenoxy) is 2. The van der Waals surface area contributed by atoms with Crippen LogP contribution in [0.25, 0.3) is 0 Å². The van der Waals surface area contributed by atoms with E-state index < -0.39 is 17.6 Å². The number of ketones is 2. The summed E-state index contributed by atoms with van der Waals surface area (Å²) in [5.74, 6) is 0.147. The van der Waals surface area contributed by atoms with Crippen LogP contribution in [0.5, 0.6) is 11.5 Å². The molecule has 0 aliphatic rings. The molecule has 0 heterocycles. The summed E-state index contributed by atoms with van der Waals surface area (Å²) in [5, 5.41) is 19.7. The van der Waals surface area contributed by atoms with Crippen LogP contribution in [0.4, 0.5) is 0 Å². The molecule has 6 heteroatoms. The first-order valence-electron chi connectivity index (χ1n) is 11.6. The van der Waals surface area contributed by atoms with Crippen molar-refractivity contribution >= 4 is 11.6 Å². The van der Waals surface area contributed by atoms with Crippen molar-refractivity contribution in [2.75, 3.05) is 13.2 Å². The Labute approximate surface area is 207 Å². The zero-order valence-corrected chi connectivity index (χ0v) is 21.5. The van der Waals surface area contributed by atoms with E-state index in [0.29, 0.717) is 44.9 Å². The highest BCUT2D eigenvalue weighted by Gasteiger charge is 2.34. The maximum atomic E-state index is 12.9. The van der Waals surface area contributed by atoms with Gasteiger partial charge in [0, 0.05) is 16.5 Å². The second-order valence-electron chi connectivity index (χ2n) is 9.53. The van der Waals surface area contributed by atoms with Crippen LogP contribution in [0.1, 0.15) is 73.4 Å². The van der Waals surface area contributed by atoms with Gasteiger partial charge in [0.25, 0.3) is 0 Å². The highest BCUT2D eigenvalue weighted by Crippen LogP contribution is 2.44. The summed E-state index contributed by atoms with van der Waals surface area (Å²) in [7, 11) is 0. The Morgan fingerprint density at radius 1 is 0.800 bits per heavy atom. The van der Waals surface area contributed by atoms with Crippen LogP contribution in [0.15, 0.2) is 60.7 Å². The molecular weight excluding hydrogens is 444 g/mol. The van der Waals surface area contributed by atoms with E-state index in [2.05, 4.69) is 13.2 Å². The molecule has 0 spiro atoms. The number of rotatable bonds is 12. The van der Waals surface area contributed by atoms with E-state index in [4.69, 9.17) is 9.47 Å². The van der Waals surface area contributed by atoms with E-state index in [0.717, 1.165) is 0 Å². The van der Waals surface area contributed by atoms with Gasteiger partial charge in [-0.3, -0.25) is 9.59 Å². The van der Waals surface area contributed by atoms with Gasteiger partial charge in [0.05, 0.1) is 23.3 Å². The minimum absolute atomic E-state index is 0.0108. The molecule has 2 atom stereocenters. The summed E-state index contributed by atoms with van der Waals surface area (Å²) >= 11 is 0. The summed E-state index contributed by atoms with van der Waals surface area (Å²) in [6.45, 7) is 17.9. The van der Waals surface area contributed by atoms with Crippen LogP contribution >= 0.6 is 0 Å². The van der Waals surface area contributed by atoms with Crippen LogP contribution in [0.2, 0.25) is 0 Å². The lowest BCUT2D eigenvalue weighted by molar-refractivity contribution is 0.101. The first kappa shape index (κ1) is 28.0. The molecule has 6 nitrogen and oxygen atoms in total. The third-order valence-corrected chi connectivity index (χ3v) is 5.58. The van der Waals surface area contributed by atoms with Crippen LogP contribution in [-0.4, -0.2) is 47.2 Å². The maximum absolute atomic E-state index is 12.9. The van der Waals surface area contributed by atoms with Gasteiger partial charge in [-0.1, -0.05) is 51.3 Å². The molecule has 188 valence electrons. The molecule has 0 aliphatic carbocycles. The Hall–Kier alpha value is -3.22. The molecule has 35 heavy (non-hydrogen) atoms. The highest BCUT2D eigenvalue weighted by molar-refractivity contribution is 6.10. The predicted octanol–water partition coefficient (Wildman–Crippen LogP) is 5.05. The molecular formula is C29H36O6. The summed E-state index contributed by atoms with van der Waals surface area (Å²) in [5.41, 5.74) is 1.93. The SMILES string of the molecule is C=C(C)C(=O)c1cccc(C(C)(C)c2cccc(C(=O)C(=C)C)c2OCC(C)O)c1OCC(C)O. The van der Waals surface area contributed by atoms with Crippen molar-refractivity contribution in [1.82, 2.24) is 0 Å². The first-order valence-corrected chi connectivity index (χ1v) is 11.6. The van der Waals surface area contributed by atoms with Gasteiger partial charge >= 0.3 is 0 Å². The molecule has 0 saturated heterocycles. The number of aliphatic hydroxyl groups is 2. The van der Waals surface area contributed by atoms with Gasteiger partial charge in [0.1, 0.15) is 24.7 Å². The quantitative estimate of drug-likeness (QED) is 0.326. The monoisotopic (exact) mass is 480 g/mol. The van der Waals surface area contributed by atoms with E-state index >= 15 is 0 Å². The fourth-order valence-electron chi connectivity index (χ4n) is 3.74. The second kappa shape index (κ2) is 11.5. The molecule has 2 aromatic carbocycles. The minimum Gasteiger partial charge on any atom is -0.490 e. The molecule has 0 aromatic heterocycles. The number of carbonyl (C=O) groups excluding carboxylic acids is 2. The molecule has 0 radical (unpaired) electrons. The number of Topliss-reactive ketones (excluding diaryl/α,β-unsaturated/α-hetero) is 2. The van der Waals surface area contributed by atoms with Crippen LogP contribution in [-0.2, 0) is 5.41 Å². The zero-order valence-electron chi connectivity index (χ0n) is 21.5. The van der Waals surface area contributed by atoms with Gasteiger partial charge in [-0.2, -0.15) is 0 Å². The van der Waals surface area contributed by atoms with Crippen molar-refractivity contribution in [3.63, 3.8) is 0 Å². The van der Waals surface area contributed by atoms with Crippen molar-refractivity contribution in [1.29, 1.82) is 0 Å². The van der Waals surface area contributed by atoms with Gasteiger partial charge in [-0.15, -0.1) is 0 Å². The second-order valence-corrected chi connectivity index (χ2v) is 9.53. The van der Waals surface area contributed by atoms with Gasteiger partial charge in [0.15, 0.2) is 11.6 Å². The average molecular weight is 481 g/mol. The lowest BCUT2D eigenvalue weighted by atomic mass is 9.75. The first-order chi connectivity index (χ1) is 16.3. The standard InChI is InChI=1S/C29H36O6/c1-17(2)25(32)21-11-9-13-23(27(21)34-15-19(5)30)29(7,8)24-14-10-12-22(26(33)18(3)4)28(24)35-16-20(6)31/h9-14,19-20,30-31H,1,3,15-16H2,2,4-8H3. The smallest absolute Gasteiger partial charge is 0.191 e.